The number of likely N-dealkylation sites (tertiary alicyclic amines) is 1. The van der Waals surface area contributed by atoms with E-state index < -0.39 is 4.92 Å². The lowest BCUT2D eigenvalue weighted by molar-refractivity contribution is -0.385. The maximum absolute atomic E-state index is 10.5. The van der Waals surface area contributed by atoms with Gasteiger partial charge in [-0.25, -0.2) is 9.97 Å². The first-order valence-electron chi connectivity index (χ1n) is 6.19. The summed E-state index contributed by atoms with van der Waals surface area (Å²) >= 11 is 0. The zero-order valence-electron chi connectivity index (χ0n) is 9.95. The zero-order chi connectivity index (χ0) is 12.5. The molecule has 18 heavy (non-hydrogen) atoms. The van der Waals surface area contributed by atoms with Crippen LogP contribution in [-0.4, -0.2) is 45.0 Å². The number of aromatic nitrogens is 2. The summed E-state index contributed by atoms with van der Waals surface area (Å²) in [7, 11) is 0. The second kappa shape index (κ2) is 4.49. The van der Waals surface area contributed by atoms with Crippen molar-refractivity contribution in [3.63, 3.8) is 0 Å². The molecule has 3 rings (SSSR count). The molecule has 7 heteroatoms. The first kappa shape index (κ1) is 11.3. The minimum atomic E-state index is -0.492. The highest BCUT2D eigenvalue weighted by molar-refractivity contribution is 5.32. The van der Waals surface area contributed by atoms with E-state index in [0.717, 1.165) is 25.6 Å². The fourth-order valence-electron chi connectivity index (χ4n) is 2.35. The van der Waals surface area contributed by atoms with E-state index in [1.54, 1.807) is 0 Å². The minimum absolute atomic E-state index is 0.0772. The third-order valence-electron chi connectivity index (χ3n) is 3.47. The Hall–Kier alpha value is -1.76. The predicted octanol–water partition coefficient (Wildman–Crippen LogP) is 1.03. The Morgan fingerprint density at radius 2 is 2.06 bits per heavy atom. The molecule has 1 aliphatic heterocycles. The summed E-state index contributed by atoms with van der Waals surface area (Å²) in [6.45, 7) is 2.14. The van der Waals surface area contributed by atoms with Gasteiger partial charge in [0.05, 0.1) is 4.92 Å². The first-order chi connectivity index (χ1) is 8.72. The van der Waals surface area contributed by atoms with E-state index in [1.165, 1.54) is 25.2 Å². The maximum atomic E-state index is 10.5. The van der Waals surface area contributed by atoms with Gasteiger partial charge in [-0.1, -0.05) is 0 Å². The summed E-state index contributed by atoms with van der Waals surface area (Å²) in [4.78, 5) is 20.4. The van der Waals surface area contributed by atoms with Crippen LogP contribution in [0.25, 0.3) is 0 Å². The topological polar surface area (TPSA) is 84.2 Å². The van der Waals surface area contributed by atoms with Crippen molar-refractivity contribution in [2.75, 3.05) is 18.4 Å². The van der Waals surface area contributed by atoms with Crippen molar-refractivity contribution in [2.45, 2.75) is 31.3 Å². The summed E-state index contributed by atoms with van der Waals surface area (Å²) < 4.78 is 0. The molecule has 1 unspecified atom stereocenters. The van der Waals surface area contributed by atoms with E-state index in [1.807, 2.05) is 0 Å². The molecule has 0 amide bonds. The lowest BCUT2D eigenvalue weighted by Crippen LogP contribution is -2.28. The Labute approximate surface area is 104 Å². The number of hydrogen-bond donors (Lipinski definition) is 1. The van der Waals surface area contributed by atoms with Crippen molar-refractivity contribution >= 4 is 11.6 Å². The van der Waals surface area contributed by atoms with Crippen LogP contribution in [0.15, 0.2) is 12.4 Å². The summed E-state index contributed by atoms with van der Waals surface area (Å²) in [5.41, 5.74) is -0.0772. The average molecular weight is 249 g/mol. The van der Waals surface area contributed by atoms with Crippen LogP contribution in [-0.2, 0) is 0 Å². The van der Waals surface area contributed by atoms with Crippen LogP contribution in [0, 0.1) is 10.1 Å². The molecule has 1 aromatic rings. The van der Waals surface area contributed by atoms with Gasteiger partial charge < -0.3 is 5.32 Å². The average Bonchev–Trinajstić information content (AvgIpc) is 3.11. The van der Waals surface area contributed by atoms with Gasteiger partial charge >= 0.3 is 5.69 Å². The molecule has 2 fully saturated rings. The van der Waals surface area contributed by atoms with Gasteiger partial charge in [0.2, 0.25) is 5.95 Å². The molecule has 1 atom stereocenters. The van der Waals surface area contributed by atoms with Crippen LogP contribution >= 0.6 is 0 Å². The molecule has 2 heterocycles. The fraction of sp³-hybridized carbons (Fsp3) is 0.636. The molecule has 2 aliphatic rings. The van der Waals surface area contributed by atoms with E-state index in [2.05, 4.69) is 20.2 Å². The van der Waals surface area contributed by atoms with E-state index in [-0.39, 0.29) is 5.69 Å². The predicted molar refractivity (Wildman–Crippen MR) is 65.3 cm³/mol. The Morgan fingerprint density at radius 1 is 1.33 bits per heavy atom. The summed E-state index contributed by atoms with van der Waals surface area (Å²) in [5.74, 6) is 0.475. The van der Waals surface area contributed by atoms with Crippen molar-refractivity contribution in [1.82, 2.24) is 14.9 Å². The molecular formula is C11H15N5O2. The molecule has 1 aromatic heterocycles. The number of nitrogens with one attached hydrogen (secondary N) is 1. The molecule has 0 bridgehead atoms. The Morgan fingerprint density at radius 3 is 2.67 bits per heavy atom. The van der Waals surface area contributed by atoms with Gasteiger partial charge in [0.25, 0.3) is 0 Å². The zero-order valence-corrected chi connectivity index (χ0v) is 9.95. The third kappa shape index (κ3) is 2.40. The van der Waals surface area contributed by atoms with Crippen LogP contribution < -0.4 is 5.32 Å². The normalized spacial score (nSPS) is 24.1. The highest BCUT2D eigenvalue weighted by Gasteiger charge is 2.34. The smallest absolute Gasteiger partial charge is 0.305 e. The maximum Gasteiger partial charge on any atom is 0.305 e. The molecule has 7 nitrogen and oxygen atoms in total. The van der Waals surface area contributed by atoms with E-state index >= 15 is 0 Å². The van der Waals surface area contributed by atoms with Gasteiger partial charge in [-0.2, -0.15) is 0 Å². The van der Waals surface area contributed by atoms with Crippen molar-refractivity contribution < 1.29 is 4.92 Å². The number of nitro groups is 1. The fourth-order valence-corrected chi connectivity index (χ4v) is 2.35. The summed E-state index contributed by atoms with van der Waals surface area (Å²) in [6, 6.07) is 1.14. The summed E-state index contributed by atoms with van der Waals surface area (Å²) in [5, 5.41) is 13.7. The van der Waals surface area contributed by atoms with Crippen molar-refractivity contribution in [3.05, 3.63) is 22.5 Å². The lowest BCUT2D eigenvalue weighted by Gasteiger charge is -2.15. The van der Waals surface area contributed by atoms with E-state index in [4.69, 9.17) is 0 Å². The second-order valence-corrected chi connectivity index (χ2v) is 4.88. The quantitative estimate of drug-likeness (QED) is 0.634. The van der Waals surface area contributed by atoms with Gasteiger partial charge in [0.1, 0.15) is 12.4 Å². The highest BCUT2D eigenvalue weighted by Crippen LogP contribution is 2.30. The van der Waals surface area contributed by atoms with Gasteiger partial charge in [-0.15, -0.1) is 0 Å². The summed E-state index contributed by atoms with van der Waals surface area (Å²) in [6.07, 6.45) is 6.20. The molecule has 0 aromatic carbocycles. The van der Waals surface area contributed by atoms with Gasteiger partial charge in [-0.05, 0) is 19.3 Å². The van der Waals surface area contributed by atoms with E-state index in [9.17, 15) is 10.1 Å². The van der Waals surface area contributed by atoms with Crippen LogP contribution in [0.5, 0.6) is 0 Å². The number of nitrogens with zero attached hydrogens (tertiary/aromatic N) is 4. The van der Waals surface area contributed by atoms with Gasteiger partial charge in [0, 0.05) is 25.2 Å². The van der Waals surface area contributed by atoms with Crippen LogP contribution in [0.4, 0.5) is 11.6 Å². The molecule has 0 spiro atoms. The third-order valence-corrected chi connectivity index (χ3v) is 3.47. The number of rotatable bonds is 4. The van der Waals surface area contributed by atoms with Crippen molar-refractivity contribution in [3.8, 4) is 0 Å². The standard InChI is InChI=1S/C11H15N5O2/c17-16(18)10-5-12-11(13-6-10)14-8-3-4-15(7-8)9-1-2-9/h5-6,8-9H,1-4,7H2,(H,12,13,14). The van der Waals surface area contributed by atoms with Crippen LogP contribution in [0.1, 0.15) is 19.3 Å². The molecule has 1 saturated carbocycles. The largest absolute Gasteiger partial charge is 0.350 e. The Kier molecular flexibility index (Phi) is 2.83. The molecule has 0 radical (unpaired) electrons. The van der Waals surface area contributed by atoms with E-state index in [0.29, 0.717) is 12.0 Å². The molecule has 1 saturated heterocycles. The molecular weight excluding hydrogens is 234 g/mol. The second-order valence-electron chi connectivity index (χ2n) is 4.88. The number of anilines is 1. The van der Waals surface area contributed by atoms with Crippen molar-refractivity contribution in [2.24, 2.45) is 0 Å². The Bertz CT molecular complexity index is 445. The van der Waals surface area contributed by atoms with Crippen molar-refractivity contribution in [1.29, 1.82) is 0 Å². The monoisotopic (exact) mass is 249 g/mol. The molecule has 1 aliphatic carbocycles. The molecule has 1 N–H and O–H groups in total. The van der Waals surface area contributed by atoms with Gasteiger partial charge in [-0.3, -0.25) is 15.0 Å². The van der Waals surface area contributed by atoms with Gasteiger partial charge in [0.15, 0.2) is 0 Å². The lowest BCUT2D eigenvalue weighted by atomic mass is 10.3. The highest BCUT2D eigenvalue weighted by atomic mass is 16.6. The SMILES string of the molecule is O=[N+]([O-])c1cnc(NC2CCN(C3CC3)C2)nc1. The minimum Gasteiger partial charge on any atom is -0.350 e. The van der Waals surface area contributed by atoms with Crippen LogP contribution in [0.3, 0.4) is 0 Å². The van der Waals surface area contributed by atoms with Crippen LogP contribution in [0.2, 0.25) is 0 Å². The molecule has 96 valence electrons. The number of hydrogen-bond acceptors (Lipinski definition) is 6. The first-order valence-corrected chi connectivity index (χ1v) is 6.19. The Balaban J connectivity index is 1.57.